The monoisotopic (exact) mass is 582 g/mol. The number of nitro benzene ring substituents is 1. The molecule has 4 rings (SSSR count). The van der Waals surface area contributed by atoms with Gasteiger partial charge in [0.25, 0.3) is 5.69 Å². The average molecular weight is 582 g/mol. The van der Waals surface area contributed by atoms with Gasteiger partial charge in [-0.25, -0.2) is 0 Å². The van der Waals surface area contributed by atoms with E-state index in [1.165, 1.54) is 17.5 Å². The van der Waals surface area contributed by atoms with Crippen molar-refractivity contribution in [2.45, 2.75) is 20.1 Å². The topological polar surface area (TPSA) is 83.2 Å². The van der Waals surface area contributed by atoms with Crippen molar-refractivity contribution in [1.82, 2.24) is 0 Å². The summed E-state index contributed by atoms with van der Waals surface area (Å²) in [5.74, 6) is 1.30. The molecule has 8 heteroatoms. The van der Waals surface area contributed by atoms with Gasteiger partial charge in [0.15, 0.2) is 11.5 Å². The molecule has 0 amide bonds. The van der Waals surface area contributed by atoms with Crippen LogP contribution in [0.4, 0.5) is 5.69 Å². The molecule has 0 fully saturated rings. The maximum absolute atomic E-state index is 10.9. The van der Waals surface area contributed by atoms with E-state index < -0.39 is 4.92 Å². The molecule has 178 valence electrons. The van der Waals surface area contributed by atoms with Gasteiger partial charge in [0.05, 0.1) is 21.3 Å². The summed E-state index contributed by atoms with van der Waals surface area (Å²) in [6, 6.07) is 24.5. The Morgan fingerprint density at radius 3 is 2.60 bits per heavy atom. The molecule has 35 heavy (non-hydrogen) atoms. The number of oxime groups is 1. The highest BCUT2D eigenvalue weighted by atomic mass is 127. The molecule has 0 unspecified atom stereocenters. The maximum atomic E-state index is 10.9. The molecule has 0 N–H and O–H groups in total. The molecule has 0 aliphatic rings. The van der Waals surface area contributed by atoms with Crippen LogP contribution in [-0.4, -0.2) is 17.7 Å². The molecule has 0 aromatic heterocycles. The van der Waals surface area contributed by atoms with E-state index in [9.17, 15) is 10.1 Å². The number of hydrogen-bond donors (Lipinski definition) is 0. The Kier molecular flexibility index (Phi) is 8.15. The lowest BCUT2D eigenvalue weighted by Gasteiger charge is -2.15. The summed E-state index contributed by atoms with van der Waals surface area (Å²) in [6.45, 7) is 2.95. The number of hydrogen-bond acceptors (Lipinski definition) is 6. The first-order valence-corrected chi connectivity index (χ1v) is 12.1. The van der Waals surface area contributed by atoms with Crippen LogP contribution in [-0.2, 0) is 18.1 Å². The van der Waals surface area contributed by atoms with E-state index in [-0.39, 0.29) is 12.3 Å². The number of non-ortho nitro benzene ring substituents is 1. The first-order valence-electron chi connectivity index (χ1n) is 11.0. The largest absolute Gasteiger partial charge is 0.490 e. The first kappa shape index (κ1) is 24.5. The van der Waals surface area contributed by atoms with Gasteiger partial charge in [-0.15, -0.1) is 0 Å². The first-order chi connectivity index (χ1) is 17.0. The minimum atomic E-state index is -0.437. The van der Waals surface area contributed by atoms with Crippen LogP contribution in [0.2, 0.25) is 0 Å². The fourth-order valence-electron chi connectivity index (χ4n) is 3.60. The second-order valence-corrected chi connectivity index (χ2v) is 8.79. The highest BCUT2D eigenvalue weighted by molar-refractivity contribution is 14.1. The zero-order valence-electron chi connectivity index (χ0n) is 19.0. The van der Waals surface area contributed by atoms with E-state index in [2.05, 4.69) is 52.0 Å². The van der Waals surface area contributed by atoms with Gasteiger partial charge in [0.2, 0.25) is 0 Å². The summed E-state index contributed by atoms with van der Waals surface area (Å²) in [5, 5.41) is 17.3. The van der Waals surface area contributed by atoms with Crippen molar-refractivity contribution in [2.75, 3.05) is 6.61 Å². The molecule has 0 bridgehead atoms. The van der Waals surface area contributed by atoms with Gasteiger partial charge < -0.3 is 14.3 Å². The van der Waals surface area contributed by atoms with Crippen molar-refractivity contribution in [3.8, 4) is 11.5 Å². The van der Waals surface area contributed by atoms with Gasteiger partial charge in [-0.1, -0.05) is 59.8 Å². The zero-order valence-corrected chi connectivity index (χ0v) is 21.2. The summed E-state index contributed by atoms with van der Waals surface area (Å²) in [4.78, 5) is 15.8. The molecule has 7 nitrogen and oxygen atoms in total. The quantitative estimate of drug-likeness (QED) is 0.0881. The van der Waals surface area contributed by atoms with E-state index >= 15 is 0 Å². The zero-order chi connectivity index (χ0) is 24.6. The summed E-state index contributed by atoms with van der Waals surface area (Å²) in [7, 11) is 0. The minimum Gasteiger partial charge on any atom is -0.490 e. The second kappa shape index (κ2) is 11.7. The van der Waals surface area contributed by atoms with Crippen LogP contribution in [0.5, 0.6) is 11.5 Å². The molecular formula is C27H23IN2O5. The van der Waals surface area contributed by atoms with Gasteiger partial charge in [0.1, 0.15) is 13.2 Å². The molecule has 0 saturated heterocycles. The fraction of sp³-hybridized carbons (Fsp3) is 0.148. The second-order valence-electron chi connectivity index (χ2n) is 7.62. The molecule has 0 radical (unpaired) electrons. The van der Waals surface area contributed by atoms with Crippen molar-refractivity contribution in [1.29, 1.82) is 0 Å². The SMILES string of the molecule is CCOc1cc(/C=N\OCc2cccc([N+](=O)[O-])c2)cc(I)c1OCc1cccc2ccccc12. The van der Waals surface area contributed by atoms with Crippen LogP contribution in [0.1, 0.15) is 23.6 Å². The van der Waals surface area contributed by atoms with Crippen LogP contribution in [0.15, 0.2) is 84.0 Å². The lowest BCUT2D eigenvalue weighted by Crippen LogP contribution is -2.03. The van der Waals surface area contributed by atoms with Crippen LogP contribution >= 0.6 is 22.6 Å². The van der Waals surface area contributed by atoms with E-state index in [0.717, 1.165) is 20.1 Å². The Morgan fingerprint density at radius 1 is 0.971 bits per heavy atom. The Balaban J connectivity index is 1.46. The fourth-order valence-corrected chi connectivity index (χ4v) is 4.38. The van der Waals surface area contributed by atoms with Crippen molar-refractivity contribution in [2.24, 2.45) is 5.16 Å². The number of nitro groups is 1. The molecule has 0 spiro atoms. The van der Waals surface area contributed by atoms with Gasteiger partial charge >= 0.3 is 0 Å². The molecule has 0 saturated carbocycles. The standard InChI is InChI=1S/C27H23IN2O5/c1-2-33-26-15-20(16-29-35-17-19-7-5-11-23(13-19)30(31)32)14-25(28)27(26)34-18-22-10-6-9-21-8-3-4-12-24(21)22/h3-16H,2,17-18H2,1H3/b29-16-. The molecule has 0 aliphatic heterocycles. The summed E-state index contributed by atoms with van der Waals surface area (Å²) in [5.41, 5.74) is 2.57. The third-order valence-electron chi connectivity index (χ3n) is 5.21. The number of nitrogens with zero attached hydrogens (tertiary/aromatic N) is 2. The van der Waals surface area contributed by atoms with Gasteiger partial charge in [-0.2, -0.15) is 0 Å². The highest BCUT2D eigenvalue weighted by Crippen LogP contribution is 2.35. The summed E-state index contributed by atoms with van der Waals surface area (Å²) >= 11 is 2.22. The van der Waals surface area contributed by atoms with Gasteiger partial charge in [-0.05, 0) is 63.5 Å². The molecular weight excluding hydrogens is 559 g/mol. The molecule has 0 atom stereocenters. The average Bonchev–Trinajstić information content (AvgIpc) is 2.86. The Morgan fingerprint density at radius 2 is 1.77 bits per heavy atom. The number of fused-ring (bicyclic) bond motifs is 1. The highest BCUT2D eigenvalue weighted by Gasteiger charge is 2.13. The lowest BCUT2D eigenvalue weighted by molar-refractivity contribution is -0.384. The number of rotatable bonds is 10. The van der Waals surface area contributed by atoms with Crippen LogP contribution in [0, 0.1) is 13.7 Å². The normalized spacial score (nSPS) is 11.0. The van der Waals surface area contributed by atoms with Gasteiger partial charge in [0, 0.05) is 17.7 Å². The van der Waals surface area contributed by atoms with Crippen molar-refractivity contribution in [3.05, 3.63) is 109 Å². The minimum absolute atomic E-state index is 0.0186. The predicted octanol–water partition coefficient (Wildman–Crippen LogP) is 6.88. The summed E-state index contributed by atoms with van der Waals surface area (Å²) in [6.07, 6.45) is 1.58. The van der Waals surface area contributed by atoms with Crippen LogP contribution < -0.4 is 9.47 Å². The van der Waals surface area contributed by atoms with Crippen LogP contribution in [0.3, 0.4) is 0 Å². The molecule has 4 aromatic carbocycles. The Labute approximate surface area is 216 Å². The maximum Gasteiger partial charge on any atom is 0.269 e. The number of ether oxygens (including phenoxy) is 2. The number of benzene rings is 4. The Hall–Kier alpha value is -3.66. The van der Waals surface area contributed by atoms with Crippen molar-refractivity contribution in [3.63, 3.8) is 0 Å². The Bertz CT molecular complexity index is 1370. The molecule has 0 aliphatic carbocycles. The van der Waals surface area contributed by atoms with Crippen LogP contribution in [0.25, 0.3) is 10.8 Å². The van der Waals surface area contributed by atoms with E-state index in [1.807, 2.05) is 37.3 Å². The number of halogens is 1. The van der Waals surface area contributed by atoms with Crippen molar-refractivity contribution < 1.29 is 19.2 Å². The third kappa shape index (κ3) is 6.27. The third-order valence-corrected chi connectivity index (χ3v) is 6.01. The predicted molar refractivity (Wildman–Crippen MR) is 144 cm³/mol. The summed E-state index contributed by atoms with van der Waals surface area (Å²) < 4.78 is 13.0. The molecule has 0 heterocycles. The lowest BCUT2D eigenvalue weighted by atomic mass is 10.1. The van der Waals surface area contributed by atoms with E-state index in [0.29, 0.717) is 30.3 Å². The smallest absolute Gasteiger partial charge is 0.269 e. The van der Waals surface area contributed by atoms with Crippen molar-refractivity contribution >= 4 is 45.3 Å². The molecule has 4 aromatic rings. The van der Waals surface area contributed by atoms with E-state index in [1.54, 1.807) is 18.3 Å². The van der Waals surface area contributed by atoms with E-state index in [4.69, 9.17) is 14.3 Å². The van der Waals surface area contributed by atoms with Gasteiger partial charge in [-0.3, -0.25) is 10.1 Å².